The van der Waals surface area contributed by atoms with Crippen molar-refractivity contribution in [2.24, 2.45) is 50.2 Å². The van der Waals surface area contributed by atoms with Crippen LogP contribution in [0.4, 0.5) is 4.39 Å². The van der Waals surface area contributed by atoms with Crippen LogP contribution in [-0.4, -0.2) is 30.4 Å². The SMILES string of the molecule is COC(=O)C12CCC(C)(C)CC1C1C(=O)C=C3C4(C)/C(=C/F)C(=O)C(=O)C(C)(C)C4CCC3(C)[C@]1(C)CC2. The van der Waals surface area contributed by atoms with Crippen molar-refractivity contribution in [1.82, 2.24) is 0 Å². The van der Waals surface area contributed by atoms with E-state index in [0.29, 0.717) is 32.0 Å². The third-order valence-electron chi connectivity index (χ3n) is 12.7. The molecule has 7 atom stereocenters. The van der Waals surface area contributed by atoms with Gasteiger partial charge in [-0.05, 0) is 84.7 Å². The highest BCUT2D eigenvalue weighted by Crippen LogP contribution is 2.75. The van der Waals surface area contributed by atoms with E-state index in [4.69, 9.17) is 4.74 Å². The van der Waals surface area contributed by atoms with Crippen molar-refractivity contribution in [2.75, 3.05) is 7.11 Å². The van der Waals surface area contributed by atoms with Crippen LogP contribution in [0.2, 0.25) is 0 Å². The van der Waals surface area contributed by atoms with Crippen LogP contribution in [0.25, 0.3) is 0 Å². The molecule has 38 heavy (non-hydrogen) atoms. The molecule has 0 aliphatic heterocycles. The molecule has 4 fully saturated rings. The standard InChI is InChI=1S/C32H43FO5/c1-27(2)11-13-32(26(37)38-8)14-12-30(6)23(18(32)16-27)20(34)15-22-29(30,5)10-9-21-28(3,4)25(36)24(35)19(17-33)31(21,22)7/h15,17-18,21,23H,9-14,16H2,1-8H3/b19-17+/t18?,21?,23?,29?,30-,31?,32?/m1/s1. The number of methoxy groups -OCH3 is 1. The van der Waals surface area contributed by atoms with Gasteiger partial charge < -0.3 is 4.74 Å². The van der Waals surface area contributed by atoms with Gasteiger partial charge in [-0.3, -0.25) is 19.2 Å². The van der Waals surface area contributed by atoms with Crippen LogP contribution in [-0.2, 0) is 23.9 Å². The number of esters is 1. The summed E-state index contributed by atoms with van der Waals surface area (Å²) in [6, 6.07) is 0. The van der Waals surface area contributed by atoms with E-state index in [9.17, 15) is 23.6 Å². The van der Waals surface area contributed by atoms with Crippen molar-refractivity contribution >= 4 is 23.3 Å². The second kappa shape index (κ2) is 7.97. The Balaban J connectivity index is 1.72. The van der Waals surface area contributed by atoms with Gasteiger partial charge in [0.2, 0.25) is 11.6 Å². The highest BCUT2D eigenvalue weighted by Gasteiger charge is 2.72. The summed E-state index contributed by atoms with van der Waals surface area (Å²) in [4.78, 5) is 54.1. The van der Waals surface area contributed by atoms with Gasteiger partial charge in [0.05, 0.1) is 18.9 Å². The van der Waals surface area contributed by atoms with E-state index in [1.54, 1.807) is 19.9 Å². The second-order valence-corrected chi connectivity index (χ2v) is 15.0. The molecular weight excluding hydrogens is 483 g/mol. The van der Waals surface area contributed by atoms with Gasteiger partial charge in [0.15, 0.2) is 5.78 Å². The third-order valence-corrected chi connectivity index (χ3v) is 12.7. The fraction of sp³-hybridized carbons (Fsp3) is 0.750. The molecule has 5 aliphatic carbocycles. The zero-order valence-corrected chi connectivity index (χ0v) is 24.3. The van der Waals surface area contributed by atoms with E-state index in [-0.39, 0.29) is 40.5 Å². The molecule has 0 bridgehead atoms. The smallest absolute Gasteiger partial charge is 0.312 e. The van der Waals surface area contributed by atoms with Gasteiger partial charge in [0.25, 0.3) is 0 Å². The molecule has 0 radical (unpaired) electrons. The second-order valence-electron chi connectivity index (χ2n) is 15.0. The molecule has 0 heterocycles. The molecule has 0 spiro atoms. The summed E-state index contributed by atoms with van der Waals surface area (Å²) in [5.41, 5.74) is -2.98. The Labute approximate surface area is 226 Å². The molecule has 5 aliphatic rings. The average molecular weight is 527 g/mol. The number of ether oxygens (including phenoxy) is 1. The van der Waals surface area contributed by atoms with Gasteiger partial charge in [-0.1, -0.05) is 48.5 Å². The maximum atomic E-state index is 14.6. The zero-order valence-electron chi connectivity index (χ0n) is 24.3. The first-order valence-corrected chi connectivity index (χ1v) is 14.2. The van der Waals surface area contributed by atoms with Crippen LogP contribution in [0.3, 0.4) is 0 Å². The maximum absolute atomic E-state index is 14.6. The number of fused-ring (bicyclic) bond motifs is 7. The van der Waals surface area contributed by atoms with Crippen LogP contribution in [0.1, 0.15) is 93.4 Å². The zero-order chi connectivity index (χ0) is 28.3. The summed E-state index contributed by atoms with van der Waals surface area (Å²) in [5, 5.41) is 0. The van der Waals surface area contributed by atoms with Crippen molar-refractivity contribution in [1.29, 1.82) is 0 Å². The Morgan fingerprint density at radius 3 is 2.21 bits per heavy atom. The van der Waals surface area contributed by atoms with Gasteiger partial charge >= 0.3 is 5.97 Å². The highest BCUT2D eigenvalue weighted by molar-refractivity contribution is 6.46. The Bertz CT molecular complexity index is 1210. The Morgan fingerprint density at radius 1 is 0.974 bits per heavy atom. The molecule has 0 N–H and O–H groups in total. The number of Topliss-reactive ketones (excluding diaryl/α,β-unsaturated/α-hetero) is 2. The van der Waals surface area contributed by atoms with E-state index in [1.807, 2.05) is 6.92 Å². The Morgan fingerprint density at radius 2 is 1.61 bits per heavy atom. The third kappa shape index (κ3) is 3.04. The molecule has 5 rings (SSSR count). The van der Waals surface area contributed by atoms with Crippen LogP contribution in [0, 0.1) is 50.2 Å². The van der Waals surface area contributed by atoms with E-state index in [2.05, 4.69) is 27.7 Å². The maximum Gasteiger partial charge on any atom is 0.312 e. The van der Waals surface area contributed by atoms with Gasteiger partial charge in [-0.25, -0.2) is 4.39 Å². The normalized spacial score (nSPS) is 46.3. The largest absolute Gasteiger partial charge is 0.469 e. The van der Waals surface area contributed by atoms with Crippen LogP contribution < -0.4 is 0 Å². The van der Waals surface area contributed by atoms with Gasteiger partial charge in [-0.15, -0.1) is 0 Å². The molecular formula is C32H43FO5. The first-order chi connectivity index (χ1) is 17.5. The molecule has 0 aromatic heterocycles. The molecule has 0 amide bonds. The van der Waals surface area contributed by atoms with Crippen molar-refractivity contribution < 1.29 is 28.3 Å². The lowest BCUT2D eigenvalue weighted by Crippen LogP contribution is -2.67. The number of carbonyl (C=O) groups is 4. The van der Waals surface area contributed by atoms with Crippen molar-refractivity contribution in [2.45, 2.75) is 93.4 Å². The fourth-order valence-corrected chi connectivity index (χ4v) is 10.3. The Hall–Kier alpha value is -2.11. The lowest BCUT2D eigenvalue weighted by molar-refractivity contribution is -0.191. The minimum atomic E-state index is -1.05. The summed E-state index contributed by atoms with van der Waals surface area (Å²) in [6.45, 7) is 14.3. The first kappa shape index (κ1) is 27.5. The van der Waals surface area contributed by atoms with Gasteiger partial charge in [0.1, 0.15) is 0 Å². The van der Waals surface area contributed by atoms with Crippen molar-refractivity contribution in [3.63, 3.8) is 0 Å². The minimum Gasteiger partial charge on any atom is -0.469 e. The number of hydrogen-bond acceptors (Lipinski definition) is 5. The predicted molar refractivity (Wildman–Crippen MR) is 141 cm³/mol. The van der Waals surface area contributed by atoms with Crippen LogP contribution in [0.15, 0.2) is 23.6 Å². The van der Waals surface area contributed by atoms with E-state index in [0.717, 1.165) is 24.8 Å². The number of ketones is 3. The molecule has 6 unspecified atom stereocenters. The number of allylic oxidation sites excluding steroid dienone is 3. The minimum absolute atomic E-state index is 0.000434. The quantitative estimate of drug-likeness (QED) is 0.226. The van der Waals surface area contributed by atoms with E-state index >= 15 is 0 Å². The number of rotatable bonds is 1. The molecule has 6 heteroatoms. The summed E-state index contributed by atoms with van der Waals surface area (Å²) < 4.78 is 19.9. The van der Waals surface area contributed by atoms with Crippen LogP contribution in [0.5, 0.6) is 0 Å². The molecule has 0 saturated heterocycles. The number of hydrogen-bond donors (Lipinski definition) is 0. The lowest BCUT2D eigenvalue weighted by atomic mass is 9.33. The highest BCUT2D eigenvalue weighted by atomic mass is 19.1. The van der Waals surface area contributed by atoms with E-state index in [1.165, 1.54) is 7.11 Å². The van der Waals surface area contributed by atoms with E-state index < -0.39 is 38.6 Å². The molecule has 4 saturated carbocycles. The van der Waals surface area contributed by atoms with Crippen LogP contribution >= 0.6 is 0 Å². The summed E-state index contributed by atoms with van der Waals surface area (Å²) >= 11 is 0. The Kier molecular flexibility index (Phi) is 5.76. The fourth-order valence-electron chi connectivity index (χ4n) is 10.3. The molecule has 208 valence electrons. The molecule has 0 aromatic rings. The average Bonchev–Trinajstić information content (AvgIpc) is 2.83. The monoisotopic (exact) mass is 526 g/mol. The molecule has 0 aromatic carbocycles. The summed E-state index contributed by atoms with van der Waals surface area (Å²) in [6.07, 6.45) is 7.13. The lowest BCUT2D eigenvalue weighted by Gasteiger charge is -2.69. The van der Waals surface area contributed by atoms with Crippen molar-refractivity contribution in [3.8, 4) is 0 Å². The summed E-state index contributed by atoms with van der Waals surface area (Å²) in [7, 11) is 1.44. The van der Waals surface area contributed by atoms with Gasteiger partial charge in [-0.2, -0.15) is 0 Å². The predicted octanol–water partition coefficient (Wildman–Crippen LogP) is 6.35. The topological polar surface area (TPSA) is 77.5 Å². The summed E-state index contributed by atoms with van der Waals surface area (Å²) in [5.74, 6) is -2.36. The first-order valence-electron chi connectivity index (χ1n) is 14.2. The van der Waals surface area contributed by atoms with Crippen molar-refractivity contribution in [3.05, 3.63) is 23.6 Å². The molecule has 5 nitrogen and oxygen atoms in total. The van der Waals surface area contributed by atoms with Gasteiger partial charge in [0, 0.05) is 22.3 Å². The number of carbonyl (C=O) groups excluding carboxylic acids is 4. The number of halogens is 1.